The summed E-state index contributed by atoms with van der Waals surface area (Å²) in [6.45, 7) is 7.26. The van der Waals surface area contributed by atoms with Gasteiger partial charge in [-0.2, -0.15) is 0 Å². The monoisotopic (exact) mass is 405 g/mol. The predicted molar refractivity (Wildman–Crippen MR) is 124 cm³/mol. The second-order valence-electron chi connectivity index (χ2n) is 8.96. The highest BCUT2D eigenvalue weighted by Crippen LogP contribution is 2.23. The number of Topliss-reactive ketones (excluding diaryl/α,β-unsaturated/α-hetero) is 1. The molecular weight excluding hydrogens is 358 g/mol. The molecule has 168 valence electrons. The van der Waals surface area contributed by atoms with E-state index in [1.807, 2.05) is 4.90 Å². The number of carbonyl (C=O) groups is 2. The SMILES string of the molecule is CCCCCC=C(C)C(CCCCCCCCCCCCC)N1CCC(=O)C1=O. The summed E-state index contributed by atoms with van der Waals surface area (Å²) in [5, 5.41) is 0. The van der Waals surface area contributed by atoms with Crippen molar-refractivity contribution in [3.63, 3.8) is 0 Å². The number of nitrogens with zero attached hydrogens (tertiary/aromatic N) is 1. The van der Waals surface area contributed by atoms with Crippen LogP contribution in [0.15, 0.2) is 11.6 Å². The summed E-state index contributed by atoms with van der Waals surface area (Å²) in [7, 11) is 0. The van der Waals surface area contributed by atoms with Gasteiger partial charge in [-0.05, 0) is 26.2 Å². The van der Waals surface area contributed by atoms with E-state index in [0.29, 0.717) is 13.0 Å². The number of rotatable bonds is 18. The first-order valence-corrected chi connectivity index (χ1v) is 12.6. The smallest absolute Gasteiger partial charge is 0.290 e. The standard InChI is InChI=1S/C26H47NO2/c1-4-6-8-10-11-12-13-14-15-16-18-20-24(23(3)19-17-9-7-5-2)27-22-21-25(28)26(27)29/h19,24H,4-18,20-22H2,1-3H3. The lowest BCUT2D eigenvalue weighted by Gasteiger charge is -2.28. The third-order valence-electron chi connectivity index (χ3n) is 6.34. The van der Waals surface area contributed by atoms with Crippen LogP contribution in [0.2, 0.25) is 0 Å². The molecule has 1 aliphatic heterocycles. The summed E-state index contributed by atoms with van der Waals surface area (Å²) in [6, 6.07) is 0.133. The minimum absolute atomic E-state index is 0.133. The Morgan fingerprint density at radius 2 is 1.34 bits per heavy atom. The van der Waals surface area contributed by atoms with Crippen molar-refractivity contribution in [2.24, 2.45) is 0 Å². The van der Waals surface area contributed by atoms with Crippen LogP contribution >= 0.6 is 0 Å². The molecule has 0 spiro atoms. The summed E-state index contributed by atoms with van der Waals surface area (Å²) < 4.78 is 0. The number of likely N-dealkylation sites (tertiary alicyclic amines) is 1. The van der Waals surface area contributed by atoms with Crippen LogP contribution in [-0.4, -0.2) is 29.2 Å². The van der Waals surface area contributed by atoms with Gasteiger partial charge >= 0.3 is 0 Å². The molecule has 1 rings (SSSR count). The van der Waals surface area contributed by atoms with E-state index < -0.39 is 0 Å². The zero-order chi connectivity index (χ0) is 21.3. The number of hydrogen-bond acceptors (Lipinski definition) is 2. The van der Waals surface area contributed by atoms with Crippen molar-refractivity contribution in [1.29, 1.82) is 0 Å². The molecule has 0 aromatic rings. The summed E-state index contributed by atoms with van der Waals surface area (Å²) in [4.78, 5) is 25.9. The number of amides is 1. The molecule has 1 aliphatic rings. The third kappa shape index (κ3) is 11.0. The molecule has 0 N–H and O–H groups in total. The lowest BCUT2D eigenvalue weighted by molar-refractivity contribution is -0.140. The lowest BCUT2D eigenvalue weighted by atomic mass is 9.97. The van der Waals surface area contributed by atoms with Crippen LogP contribution < -0.4 is 0 Å². The van der Waals surface area contributed by atoms with Crippen molar-refractivity contribution in [3.05, 3.63) is 11.6 Å². The summed E-state index contributed by atoms with van der Waals surface area (Å²) in [6.07, 6.45) is 23.2. The van der Waals surface area contributed by atoms with E-state index in [-0.39, 0.29) is 17.7 Å². The van der Waals surface area contributed by atoms with Crippen molar-refractivity contribution in [2.45, 2.75) is 136 Å². The second-order valence-corrected chi connectivity index (χ2v) is 8.96. The molecule has 29 heavy (non-hydrogen) atoms. The molecule has 0 bridgehead atoms. The zero-order valence-electron chi connectivity index (χ0n) is 19.6. The second kappa shape index (κ2) is 16.7. The quantitative estimate of drug-likeness (QED) is 0.135. The van der Waals surface area contributed by atoms with Crippen LogP contribution in [0.5, 0.6) is 0 Å². The third-order valence-corrected chi connectivity index (χ3v) is 6.34. The summed E-state index contributed by atoms with van der Waals surface area (Å²) in [5.41, 5.74) is 1.29. The molecule has 1 saturated heterocycles. The van der Waals surface area contributed by atoms with Gasteiger partial charge in [0.05, 0.1) is 6.04 Å². The minimum atomic E-state index is -0.251. The highest BCUT2D eigenvalue weighted by Gasteiger charge is 2.34. The van der Waals surface area contributed by atoms with E-state index in [4.69, 9.17) is 0 Å². The number of allylic oxidation sites excluding steroid dienone is 1. The fraction of sp³-hybridized carbons (Fsp3) is 0.846. The molecule has 1 atom stereocenters. The Balaban J connectivity index is 2.31. The van der Waals surface area contributed by atoms with Gasteiger partial charge in [0.15, 0.2) is 0 Å². The van der Waals surface area contributed by atoms with E-state index in [2.05, 4.69) is 26.8 Å². The summed E-state index contributed by atoms with van der Waals surface area (Å²) >= 11 is 0. The van der Waals surface area contributed by atoms with Crippen LogP contribution in [0, 0.1) is 0 Å². The molecule has 1 heterocycles. The summed E-state index contributed by atoms with van der Waals surface area (Å²) in [5.74, 6) is -0.452. The zero-order valence-corrected chi connectivity index (χ0v) is 19.6. The maximum atomic E-state index is 12.3. The first-order chi connectivity index (χ1) is 14.1. The first-order valence-electron chi connectivity index (χ1n) is 12.6. The van der Waals surface area contributed by atoms with Crippen molar-refractivity contribution >= 4 is 11.7 Å². The topological polar surface area (TPSA) is 37.4 Å². The Hall–Kier alpha value is -1.12. The Bertz CT molecular complexity index is 483. The van der Waals surface area contributed by atoms with E-state index in [1.54, 1.807) is 0 Å². The first kappa shape index (κ1) is 25.9. The Morgan fingerprint density at radius 1 is 0.828 bits per heavy atom. The van der Waals surface area contributed by atoms with Crippen LogP contribution in [0.4, 0.5) is 0 Å². The number of carbonyl (C=O) groups excluding carboxylic acids is 2. The lowest BCUT2D eigenvalue weighted by Crippen LogP contribution is -2.38. The fourth-order valence-corrected chi connectivity index (χ4v) is 4.38. The molecule has 0 radical (unpaired) electrons. The van der Waals surface area contributed by atoms with Crippen molar-refractivity contribution in [1.82, 2.24) is 4.90 Å². The Morgan fingerprint density at radius 3 is 1.86 bits per heavy atom. The number of ketones is 1. The highest BCUT2D eigenvalue weighted by molar-refractivity contribution is 6.38. The average molecular weight is 406 g/mol. The van der Waals surface area contributed by atoms with Crippen LogP contribution in [0.1, 0.15) is 130 Å². The average Bonchev–Trinajstić information content (AvgIpc) is 3.04. The van der Waals surface area contributed by atoms with Gasteiger partial charge in [-0.25, -0.2) is 0 Å². The minimum Gasteiger partial charge on any atom is -0.329 e. The van der Waals surface area contributed by atoms with Gasteiger partial charge in [0.2, 0.25) is 5.78 Å². The van der Waals surface area contributed by atoms with Crippen LogP contribution in [-0.2, 0) is 9.59 Å². The molecule has 0 saturated carbocycles. The molecule has 0 aromatic carbocycles. The maximum absolute atomic E-state index is 12.3. The molecule has 1 amide bonds. The molecular formula is C26H47NO2. The molecule has 1 unspecified atom stereocenters. The van der Waals surface area contributed by atoms with Crippen molar-refractivity contribution < 1.29 is 9.59 Å². The largest absolute Gasteiger partial charge is 0.329 e. The Kier molecular flexibility index (Phi) is 14.9. The van der Waals surface area contributed by atoms with Crippen molar-refractivity contribution in [3.8, 4) is 0 Å². The fourth-order valence-electron chi connectivity index (χ4n) is 4.38. The molecule has 0 aliphatic carbocycles. The van der Waals surface area contributed by atoms with Gasteiger partial charge < -0.3 is 4.90 Å². The van der Waals surface area contributed by atoms with Crippen molar-refractivity contribution in [2.75, 3.05) is 6.54 Å². The normalized spacial score (nSPS) is 16.1. The van der Waals surface area contributed by atoms with E-state index >= 15 is 0 Å². The van der Waals surface area contributed by atoms with E-state index in [9.17, 15) is 9.59 Å². The van der Waals surface area contributed by atoms with Gasteiger partial charge in [-0.3, -0.25) is 9.59 Å². The van der Waals surface area contributed by atoms with Gasteiger partial charge in [-0.15, -0.1) is 0 Å². The van der Waals surface area contributed by atoms with E-state index in [1.165, 1.54) is 89.0 Å². The Labute approximate surface area is 180 Å². The van der Waals surface area contributed by atoms with Crippen LogP contribution in [0.25, 0.3) is 0 Å². The van der Waals surface area contributed by atoms with Gasteiger partial charge in [0.1, 0.15) is 0 Å². The van der Waals surface area contributed by atoms with Gasteiger partial charge in [0.25, 0.3) is 5.91 Å². The van der Waals surface area contributed by atoms with E-state index in [0.717, 1.165) is 19.3 Å². The highest BCUT2D eigenvalue weighted by atomic mass is 16.2. The van der Waals surface area contributed by atoms with Gasteiger partial charge in [-0.1, -0.05) is 109 Å². The van der Waals surface area contributed by atoms with Gasteiger partial charge in [0, 0.05) is 13.0 Å². The maximum Gasteiger partial charge on any atom is 0.290 e. The molecule has 0 aromatic heterocycles. The number of unbranched alkanes of at least 4 members (excludes halogenated alkanes) is 13. The number of hydrogen-bond donors (Lipinski definition) is 0. The molecule has 1 fully saturated rings. The predicted octanol–water partition coefficient (Wildman–Crippen LogP) is 7.38. The molecule has 3 heteroatoms. The molecule has 3 nitrogen and oxygen atoms in total. The van der Waals surface area contributed by atoms with Crippen LogP contribution in [0.3, 0.4) is 0 Å².